The van der Waals surface area contributed by atoms with Crippen LogP contribution in [0.1, 0.15) is 74.8 Å². The van der Waals surface area contributed by atoms with E-state index in [-0.39, 0.29) is 0 Å². The number of hydrogen-bond acceptors (Lipinski definition) is 0. The highest BCUT2D eigenvalue weighted by Crippen LogP contribution is 2.63. The number of benzene rings is 4. The average Bonchev–Trinajstić information content (AvgIpc) is 3.72. The lowest BCUT2D eigenvalue weighted by Crippen LogP contribution is -2.27. The third kappa shape index (κ3) is 4.31. The summed E-state index contributed by atoms with van der Waals surface area (Å²) in [6.07, 6.45) is 21.4. The highest BCUT2D eigenvalue weighted by molar-refractivity contribution is 6.10. The zero-order chi connectivity index (χ0) is 33.9. The second-order valence-corrected chi connectivity index (χ2v) is 13.4. The molecule has 0 fully saturated rings. The molecular weight excluding hydrogens is 591 g/mol. The molecule has 0 saturated heterocycles. The van der Waals surface area contributed by atoms with E-state index in [2.05, 4.69) is 185 Å². The molecule has 1 aromatic heterocycles. The summed E-state index contributed by atoms with van der Waals surface area (Å²) in [6.45, 7) is 15.2. The van der Waals surface area contributed by atoms with E-state index < -0.39 is 5.41 Å². The van der Waals surface area contributed by atoms with Gasteiger partial charge in [-0.2, -0.15) is 0 Å². The Bertz CT molecular complexity index is 2420. The first-order valence-corrected chi connectivity index (χ1v) is 17.6. The van der Waals surface area contributed by atoms with Crippen LogP contribution in [0.2, 0.25) is 0 Å². The lowest BCUT2D eigenvalue weighted by molar-refractivity contribution is 0.784. The van der Waals surface area contributed by atoms with Crippen molar-refractivity contribution in [2.45, 2.75) is 52.4 Å². The summed E-state index contributed by atoms with van der Waals surface area (Å²) in [5, 5.41) is 2.58. The molecule has 49 heavy (non-hydrogen) atoms. The maximum absolute atomic E-state index is 4.43. The number of aromatic nitrogens is 1. The van der Waals surface area contributed by atoms with E-state index in [9.17, 15) is 0 Å². The van der Waals surface area contributed by atoms with Crippen molar-refractivity contribution in [2.24, 2.45) is 0 Å². The summed E-state index contributed by atoms with van der Waals surface area (Å²) < 4.78 is 2.47. The van der Waals surface area contributed by atoms with Gasteiger partial charge in [-0.25, -0.2) is 0 Å². The lowest BCUT2D eigenvalue weighted by atomic mass is 9.69. The smallest absolute Gasteiger partial charge is 0.0722 e. The van der Waals surface area contributed by atoms with Crippen LogP contribution in [-0.4, -0.2) is 4.57 Å². The van der Waals surface area contributed by atoms with E-state index in [1.807, 2.05) is 0 Å². The molecule has 1 spiro atoms. The second-order valence-electron chi connectivity index (χ2n) is 13.4. The van der Waals surface area contributed by atoms with Gasteiger partial charge in [-0.3, -0.25) is 0 Å². The standard InChI is InChI=1S/C48H43N/c1-7-16-32-28-33(23-22-31(32)6)34-24-27-47-41(29-34)40-19-13-15-21-46(40)49(47)35-25-26-39-37(17-8-2)43(11-5)48(45(39)30-35)42(10-4)36(9-3)38-18-12-14-20-44(38)48/h7-22,24-30,33H,5,23H2,1-4,6H3/b16-7-,17-8-,36-9-,42-10+. The van der Waals surface area contributed by atoms with Crippen molar-refractivity contribution in [2.75, 3.05) is 0 Å². The van der Waals surface area contributed by atoms with Gasteiger partial charge in [-0.1, -0.05) is 116 Å². The van der Waals surface area contributed by atoms with Crippen LogP contribution in [0.25, 0.3) is 38.6 Å². The summed E-state index contributed by atoms with van der Waals surface area (Å²) in [5.74, 6) is 0.359. The molecule has 3 aliphatic rings. The highest BCUT2D eigenvalue weighted by atomic mass is 15.0. The largest absolute Gasteiger partial charge is 0.309 e. The number of rotatable bonds is 5. The minimum absolute atomic E-state index is 0.359. The highest BCUT2D eigenvalue weighted by Gasteiger charge is 2.53. The van der Waals surface area contributed by atoms with Gasteiger partial charge >= 0.3 is 0 Å². The molecule has 8 rings (SSSR count). The van der Waals surface area contributed by atoms with Crippen molar-refractivity contribution >= 4 is 33.0 Å². The van der Waals surface area contributed by atoms with Gasteiger partial charge in [0.25, 0.3) is 0 Å². The molecular formula is C48H43N. The normalized spacial score (nSPS) is 21.9. The first kappa shape index (κ1) is 30.9. The molecule has 2 unspecified atom stereocenters. The number of allylic oxidation sites excluding steroid dienone is 15. The zero-order valence-electron chi connectivity index (χ0n) is 29.2. The minimum Gasteiger partial charge on any atom is -0.309 e. The van der Waals surface area contributed by atoms with Gasteiger partial charge < -0.3 is 4.57 Å². The Hall–Kier alpha value is -5.40. The van der Waals surface area contributed by atoms with Gasteiger partial charge in [0.15, 0.2) is 0 Å². The number of nitrogens with zero attached hydrogens (tertiary/aromatic N) is 1. The third-order valence-corrected chi connectivity index (χ3v) is 11.1. The van der Waals surface area contributed by atoms with Gasteiger partial charge in [-0.05, 0) is 133 Å². The van der Waals surface area contributed by atoms with E-state index in [4.69, 9.17) is 0 Å². The average molecular weight is 634 g/mol. The van der Waals surface area contributed by atoms with Crippen molar-refractivity contribution in [1.82, 2.24) is 4.57 Å². The molecule has 1 nitrogen and oxygen atoms in total. The van der Waals surface area contributed by atoms with Crippen molar-refractivity contribution in [3.63, 3.8) is 0 Å². The summed E-state index contributed by atoms with van der Waals surface area (Å²) in [5.41, 5.74) is 17.6. The third-order valence-electron chi connectivity index (χ3n) is 11.1. The Kier molecular flexibility index (Phi) is 7.53. The fourth-order valence-electron chi connectivity index (χ4n) is 9.05. The van der Waals surface area contributed by atoms with E-state index >= 15 is 0 Å². The first-order chi connectivity index (χ1) is 24.0. The Morgan fingerprint density at radius 1 is 0.755 bits per heavy atom. The predicted molar refractivity (Wildman–Crippen MR) is 211 cm³/mol. The molecule has 1 heteroatoms. The number of hydrogen-bond donors (Lipinski definition) is 0. The second kappa shape index (κ2) is 11.9. The maximum atomic E-state index is 4.43. The number of fused-ring (bicyclic) bond motifs is 7. The summed E-state index contributed by atoms with van der Waals surface area (Å²) in [4.78, 5) is 0. The van der Waals surface area contributed by atoms with E-state index in [0.717, 1.165) is 6.42 Å². The zero-order valence-corrected chi connectivity index (χ0v) is 29.2. The summed E-state index contributed by atoms with van der Waals surface area (Å²) in [7, 11) is 0. The Morgan fingerprint density at radius 2 is 1.53 bits per heavy atom. The van der Waals surface area contributed by atoms with Crippen LogP contribution in [-0.2, 0) is 5.41 Å². The Labute approximate surface area is 291 Å². The minimum atomic E-state index is -0.440. The molecule has 0 radical (unpaired) electrons. The van der Waals surface area contributed by atoms with E-state index in [1.54, 1.807) is 0 Å². The van der Waals surface area contributed by atoms with Gasteiger partial charge in [0, 0.05) is 22.4 Å². The Morgan fingerprint density at radius 3 is 2.31 bits per heavy atom. The van der Waals surface area contributed by atoms with Crippen molar-refractivity contribution in [3.05, 3.63) is 196 Å². The van der Waals surface area contributed by atoms with Gasteiger partial charge in [0.2, 0.25) is 0 Å². The van der Waals surface area contributed by atoms with Gasteiger partial charge in [-0.15, -0.1) is 0 Å². The van der Waals surface area contributed by atoms with E-state index in [0.29, 0.717) is 5.92 Å². The van der Waals surface area contributed by atoms with Crippen molar-refractivity contribution in [1.29, 1.82) is 0 Å². The molecule has 3 aliphatic carbocycles. The lowest BCUT2D eigenvalue weighted by Gasteiger charge is -2.32. The predicted octanol–water partition coefficient (Wildman–Crippen LogP) is 12.9. The molecule has 0 bridgehead atoms. The Balaban J connectivity index is 1.38. The quantitative estimate of drug-likeness (QED) is 0.181. The molecule has 240 valence electrons. The molecule has 1 heterocycles. The van der Waals surface area contributed by atoms with Crippen LogP contribution < -0.4 is 0 Å². The van der Waals surface area contributed by atoms with Crippen LogP contribution in [0.5, 0.6) is 0 Å². The summed E-state index contributed by atoms with van der Waals surface area (Å²) in [6, 6.07) is 32.1. The van der Waals surface area contributed by atoms with Gasteiger partial charge in [0.05, 0.1) is 16.4 Å². The van der Waals surface area contributed by atoms with Crippen LogP contribution in [0.4, 0.5) is 0 Å². The first-order valence-electron chi connectivity index (χ1n) is 17.6. The van der Waals surface area contributed by atoms with Crippen LogP contribution in [0.15, 0.2) is 168 Å². The fourth-order valence-corrected chi connectivity index (χ4v) is 9.05. The molecule has 0 aliphatic heterocycles. The molecule has 4 aromatic carbocycles. The van der Waals surface area contributed by atoms with Crippen LogP contribution in [0, 0.1) is 0 Å². The SMILES string of the molecule is C=CC1=C(/C=C\C)c2ccc(-n3c4ccccc4c4cc(C5C=C(/C=C\C)C(C)=CC5)ccc43)cc2C12C(=C/C)/C(=C\C)c1ccccc12. The molecule has 0 amide bonds. The monoisotopic (exact) mass is 633 g/mol. The number of para-hydroxylation sites is 1. The molecule has 2 atom stereocenters. The van der Waals surface area contributed by atoms with Crippen LogP contribution in [0.3, 0.4) is 0 Å². The van der Waals surface area contributed by atoms with Crippen molar-refractivity contribution < 1.29 is 0 Å². The fraction of sp³-hybridized carbons (Fsp3) is 0.167. The van der Waals surface area contributed by atoms with Gasteiger partial charge in [0.1, 0.15) is 0 Å². The van der Waals surface area contributed by atoms with E-state index in [1.165, 1.54) is 88.7 Å². The van der Waals surface area contributed by atoms with Crippen LogP contribution >= 0.6 is 0 Å². The maximum Gasteiger partial charge on any atom is 0.0722 e. The molecule has 5 aromatic rings. The molecule has 0 saturated carbocycles. The topological polar surface area (TPSA) is 4.93 Å². The molecule has 0 N–H and O–H groups in total. The summed E-state index contributed by atoms with van der Waals surface area (Å²) >= 11 is 0. The van der Waals surface area contributed by atoms with Crippen molar-refractivity contribution in [3.8, 4) is 5.69 Å².